The Morgan fingerprint density at radius 2 is 2.00 bits per heavy atom. The molecular formula is C9H11BrClF2NO. The van der Waals surface area contributed by atoms with Gasteiger partial charge in [-0.2, -0.15) is 0 Å². The molecule has 0 saturated carbocycles. The van der Waals surface area contributed by atoms with E-state index in [4.69, 9.17) is 10.5 Å². The monoisotopic (exact) mass is 301 g/mol. The van der Waals surface area contributed by atoms with Gasteiger partial charge in [0, 0.05) is 0 Å². The molecule has 2 nitrogen and oxygen atoms in total. The summed E-state index contributed by atoms with van der Waals surface area (Å²) in [6.45, 7) is 0. The van der Waals surface area contributed by atoms with Crippen molar-refractivity contribution >= 4 is 28.3 Å². The van der Waals surface area contributed by atoms with Crippen molar-refractivity contribution in [2.75, 3.05) is 7.11 Å². The Bertz CT molecular complexity index is 325. The number of hydrogen-bond acceptors (Lipinski definition) is 2. The van der Waals surface area contributed by atoms with Gasteiger partial charge in [0.2, 0.25) is 0 Å². The van der Waals surface area contributed by atoms with E-state index in [1.165, 1.54) is 19.2 Å². The first-order valence-electron chi connectivity index (χ1n) is 3.93. The van der Waals surface area contributed by atoms with Gasteiger partial charge in [-0.1, -0.05) is 6.07 Å². The lowest BCUT2D eigenvalue weighted by Gasteiger charge is -2.12. The Kier molecular flexibility index (Phi) is 6.09. The Morgan fingerprint density at radius 3 is 2.40 bits per heavy atom. The highest BCUT2D eigenvalue weighted by Crippen LogP contribution is 2.28. The van der Waals surface area contributed by atoms with Gasteiger partial charge in [-0.3, -0.25) is 0 Å². The van der Waals surface area contributed by atoms with E-state index < -0.39 is 12.5 Å². The van der Waals surface area contributed by atoms with Crippen LogP contribution >= 0.6 is 28.3 Å². The summed E-state index contributed by atoms with van der Waals surface area (Å²) in [5, 5.41) is 0. The molecule has 0 aliphatic carbocycles. The number of methoxy groups -OCH3 is 1. The van der Waals surface area contributed by atoms with E-state index in [0.717, 1.165) is 0 Å². The van der Waals surface area contributed by atoms with Crippen LogP contribution < -0.4 is 10.5 Å². The first-order valence-corrected chi connectivity index (χ1v) is 4.72. The van der Waals surface area contributed by atoms with Crippen LogP contribution in [-0.2, 0) is 0 Å². The van der Waals surface area contributed by atoms with Gasteiger partial charge in [0.1, 0.15) is 5.75 Å². The first-order chi connectivity index (χ1) is 6.56. The third kappa shape index (κ3) is 3.59. The molecule has 0 spiro atoms. The van der Waals surface area contributed by atoms with Crippen LogP contribution in [0.15, 0.2) is 22.7 Å². The summed E-state index contributed by atoms with van der Waals surface area (Å²) in [5.41, 5.74) is 5.67. The Balaban J connectivity index is 0.00000196. The van der Waals surface area contributed by atoms with Gasteiger partial charge in [-0.05, 0) is 33.6 Å². The fourth-order valence-electron chi connectivity index (χ4n) is 1.04. The van der Waals surface area contributed by atoms with Gasteiger partial charge in [-0.15, -0.1) is 12.4 Å². The molecular weight excluding hydrogens is 291 g/mol. The number of rotatable bonds is 3. The predicted octanol–water partition coefficient (Wildman–Crippen LogP) is 3.14. The number of alkyl halides is 2. The van der Waals surface area contributed by atoms with E-state index in [1.54, 1.807) is 6.07 Å². The van der Waals surface area contributed by atoms with E-state index >= 15 is 0 Å². The molecule has 0 unspecified atom stereocenters. The zero-order chi connectivity index (χ0) is 10.7. The number of benzene rings is 1. The van der Waals surface area contributed by atoms with E-state index in [2.05, 4.69) is 15.9 Å². The van der Waals surface area contributed by atoms with Crippen LogP contribution in [0.25, 0.3) is 0 Å². The van der Waals surface area contributed by atoms with Crippen LogP contribution in [0, 0.1) is 0 Å². The average Bonchev–Trinajstić information content (AvgIpc) is 2.16. The predicted molar refractivity (Wildman–Crippen MR) is 60.9 cm³/mol. The summed E-state index contributed by atoms with van der Waals surface area (Å²) in [6.07, 6.45) is -2.56. The van der Waals surface area contributed by atoms with Crippen LogP contribution in [-0.4, -0.2) is 13.5 Å². The Morgan fingerprint density at radius 1 is 1.40 bits per heavy atom. The number of nitrogens with two attached hydrogens (primary N) is 1. The van der Waals surface area contributed by atoms with Crippen LogP contribution in [0.2, 0.25) is 0 Å². The molecule has 1 aromatic carbocycles. The molecule has 0 bridgehead atoms. The smallest absolute Gasteiger partial charge is 0.257 e. The van der Waals surface area contributed by atoms with Crippen molar-refractivity contribution in [2.24, 2.45) is 5.73 Å². The summed E-state index contributed by atoms with van der Waals surface area (Å²) in [4.78, 5) is 0. The van der Waals surface area contributed by atoms with Crippen molar-refractivity contribution in [3.8, 4) is 5.75 Å². The van der Waals surface area contributed by atoms with Crippen molar-refractivity contribution in [3.05, 3.63) is 28.2 Å². The molecule has 0 aliphatic rings. The van der Waals surface area contributed by atoms with Gasteiger partial charge in [0.25, 0.3) is 6.43 Å². The number of ether oxygens (including phenoxy) is 1. The molecule has 0 fully saturated rings. The molecule has 1 atom stereocenters. The summed E-state index contributed by atoms with van der Waals surface area (Å²) < 4.78 is 30.1. The normalized spacial score (nSPS) is 12.1. The molecule has 0 heterocycles. The lowest BCUT2D eigenvalue weighted by molar-refractivity contribution is 0.116. The maximum atomic E-state index is 12.3. The summed E-state index contributed by atoms with van der Waals surface area (Å²) in [7, 11) is 1.51. The Labute approximate surface area is 101 Å². The second-order valence-corrected chi connectivity index (χ2v) is 3.61. The van der Waals surface area contributed by atoms with Crippen molar-refractivity contribution in [1.29, 1.82) is 0 Å². The van der Waals surface area contributed by atoms with Crippen molar-refractivity contribution in [1.82, 2.24) is 0 Å². The Hall–Kier alpha value is -0.390. The van der Waals surface area contributed by atoms with E-state index in [1.807, 2.05) is 0 Å². The fraction of sp³-hybridized carbons (Fsp3) is 0.333. The largest absolute Gasteiger partial charge is 0.496 e. The topological polar surface area (TPSA) is 35.2 Å². The minimum atomic E-state index is -2.56. The molecule has 0 radical (unpaired) electrons. The zero-order valence-electron chi connectivity index (χ0n) is 7.91. The second kappa shape index (κ2) is 6.25. The minimum absolute atomic E-state index is 0. The number of hydrogen-bond donors (Lipinski definition) is 1. The molecule has 15 heavy (non-hydrogen) atoms. The molecule has 0 saturated heterocycles. The lowest BCUT2D eigenvalue weighted by atomic mass is 10.1. The third-order valence-corrected chi connectivity index (χ3v) is 2.45. The van der Waals surface area contributed by atoms with E-state index in [0.29, 0.717) is 15.8 Å². The first kappa shape index (κ1) is 14.6. The van der Waals surface area contributed by atoms with Crippen molar-refractivity contribution in [3.63, 3.8) is 0 Å². The van der Waals surface area contributed by atoms with Gasteiger partial charge in [0.15, 0.2) is 0 Å². The van der Waals surface area contributed by atoms with E-state index in [9.17, 15) is 8.78 Å². The average molecular weight is 303 g/mol. The summed E-state index contributed by atoms with van der Waals surface area (Å²) >= 11 is 3.20. The second-order valence-electron chi connectivity index (χ2n) is 2.75. The van der Waals surface area contributed by atoms with Gasteiger partial charge >= 0.3 is 0 Å². The van der Waals surface area contributed by atoms with Gasteiger partial charge < -0.3 is 10.5 Å². The summed E-state index contributed by atoms with van der Waals surface area (Å²) in [6, 6.07) is 3.41. The van der Waals surface area contributed by atoms with Crippen LogP contribution in [0.3, 0.4) is 0 Å². The molecule has 0 aliphatic heterocycles. The standard InChI is InChI=1S/C9H10BrF2NO.ClH/c1-14-7-3-2-5(4-6(7)10)8(13)9(11)12;/h2-4,8-9H,13H2,1H3;1H/t8-;/m0./s1. The molecule has 1 aromatic rings. The SMILES string of the molecule is COc1ccc([C@H](N)C(F)F)cc1Br.Cl. The van der Waals surface area contributed by atoms with Crippen LogP contribution in [0.4, 0.5) is 8.78 Å². The molecule has 1 rings (SSSR count). The summed E-state index contributed by atoms with van der Waals surface area (Å²) in [5.74, 6) is 0.593. The highest BCUT2D eigenvalue weighted by molar-refractivity contribution is 9.10. The lowest BCUT2D eigenvalue weighted by Crippen LogP contribution is -2.18. The van der Waals surface area contributed by atoms with E-state index in [-0.39, 0.29) is 12.4 Å². The highest BCUT2D eigenvalue weighted by Gasteiger charge is 2.18. The fourth-order valence-corrected chi connectivity index (χ4v) is 1.59. The van der Waals surface area contributed by atoms with Crippen molar-refractivity contribution in [2.45, 2.75) is 12.5 Å². The van der Waals surface area contributed by atoms with Crippen LogP contribution in [0.5, 0.6) is 5.75 Å². The zero-order valence-corrected chi connectivity index (χ0v) is 10.3. The molecule has 0 aromatic heterocycles. The molecule has 0 amide bonds. The number of halogens is 4. The molecule has 6 heteroatoms. The van der Waals surface area contributed by atoms with Gasteiger partial charge in [0.05, 0.1) is 17.6 Å². The quantitative estimate of drug-likeness (QED) is 0.931. The van der Waals surface area contributed by atoms with Gasteiger partial charge in [-0.25, -0.2) is 8.78 Å². The molecule has 86 valence electrons. The maximum Gasteiger partial charge on any atom is 0.257 e. The van der Waals surface area contributed by atoms with Crippen molar-refractivity contribution < 1.29 is 13.5 Å². The van der Waals surface area contributed by atoms with Crippen LogP contribution in [0.1, 0.15) is 11.6 Å². The molecule has 2 N–H and O–H groups in total. The third-order valence-electron chi connectivity index (χ3n) is 1.83. The highest BCUT2D eigenvalue weighted by atomic mass is 79.9. The maximum absolute atomic E-state index is 12.3. The minimum Gasteiger partial charge on any atom is -0.496 e.